The SMILES string of the molecule is Cc1ccc(C2SCC(=O)N2c2ncc(-c3cc4ccccc4oc3=O)o2)cc1. The number of para-hydroxylation sites is 1. The highest BCUT2D eigenvalue weighted by Gasteiger charge is 2.37. The van der Waals surface area contributed by atoms with Crippen LogP contribution in [0, 0.1) is 6.92 Å². The maximum Gasteiger partial charge on any atom is 0.347 e. The molecule has 2 aromatic carbocycles. The molecule has 1 aliphatic heterocycles. The summed E-state index contributed by atoms with van der Waals surface area (Å²) < 4.78 is 11.2. The minimum absolute atomic E-state index is 0.0838. The lowest BCUT2D eigenvalue weighted by Crippen LogP contribution is -2.28. The van der Waals surface area contributed by atoms with Crippen LogP contribution in [-0.4, -0.2) is 16.6 Å². The fraction of sp³-hybridized carbons (Fsp3) is 0.136. The van der Waals surface area contributed by atoms with E-state index in [1.165, 1.54) is 18.0 Å². The zero-order chi connectivity index (χ0) is 20.0. The normalized spacial score (nSPS) is 16.7. The van der Waals surface area contributed by atoms with Crippen molar-refractivity contribution in [2.45, 2.75) is 12.3 Å². The van der Waals surface area contributed by atoms with E-state index in [2.05, 4.69) is 4.98 Å². The van der Waals surface area contributed by atoms with Crippen LogP contribution in [0.5, 0.6) is 0 Å². The molecule has 2 aromatic heterocycles. The van der Waals surface area contributed by atoms with E-state index in [1.54, 1.807) is 23.1 Å². The molecule has 0 bridgehead atoms. The number of amides is 1. The van der Waals surface area contributed by atoms with Gasteiger partial charge in [-0.1, -0.05) is 48.0 Å². The Morgan fingerprint density at radius 2 is 1.86 bits per heavy atom. The molecular weight excluding hydrogens is 388 g/mol. The highest BCUT2D eigenvalue weighted by molar-refractivity contribution is 8.00. The van der Waals surface area contributed by atoms with Gasteiger partial charge in [-0.05, 0) is 24.6 Å². The lowest BCUT2D eigenvalue weighted by Gasteiger charge is -2.20. The van der Waals surface area contributed by atoms with Crippen LogP contribution in [0.15, 0.2) is 74.4 Å². The van der Waals surface area contributed by atoms with Gasteiger partial charge in [-0.3, -0.25) is 4.79 Å². The molecule has 5 rings (SSSR count). The predicted molar refractivity (Wildman–Crippen MR) is 112 cm³/mol. The Balaban J connectivity index is 1.53. The number of hydrogen-bond acceptors (Lipinski definition) is 6. The number of carbonyl (C=O) groups excluding carboxylic acids is 1. The minimum atomic E-state index is -0.511. The minimum Gasteiger partial charge on any atom is -0.423 e. The van der Waals surface area contributed by atoms with Crippen LogP contribution in [0.25, 0.3) is 22.3 Å². The average molecular weight is 404 g/mol. The van der Waals surface area contributed by atoms with Crippen LogP contribution in [0.1, 0.15) is 16.5 Å². The van der Waals surface area contributed by atoms with E-state index >= 15 is 0 Å². The van der Waals surface area contributed by atoms with Gasteiger partial charge < -0.3 is 8.83 Å². The Bertz CT molecular complexity index is 1280. The van der Waals surface area contributed by atoms with Gasteiger partial charge in [0.15, 0.2) is 5.76 Å². The summed E-state index contributed by atoms with van der Waals surface area (Å²) in [5.41, 5.74) is 2.41. The summed E-state index contributed by atoms with van der Waals surface area (Å²) >= 11 is 1.52. The lowest BCUT2D eigenvalue weighted by atomic mass is 10.1. The van der Waals surface area contributed by atoms with Crippen molar-refractivity contribution in [3.05, 3.63) is 82.3 Å². The van der Waals surface area contributed by atoms with E-state index in [0.29, 0.717) is 11.3 Å². The quantitative estimate of drug-likeness (QED) is 0.467. The maximum absolute atomic E-state index is 12.5. The third kappa shape index (κ3) is 3.13. The number of hydrogen-bond donors (Lipinski definition) is 0. The number of fused-ring (bicyclic) bond motifs is 1. The maximum atomic E-state index is 12.5. The Morgan fingerprint density at radius 1 is 1.07 bits per heavy atom. The zero-order valence-corrected chi connectivity index (χ0v) is 16.3. The van der Waals surface area contributed by atoms with Crippen molar-refractivity contribution in [3.8, 4) is 11.3 Å². The van der Waals surface area contributed by atoms with Crippen molar-refractivity contribution >= 4 is 34.7 Å². The van der Waals surface area contributed by atoms with Gasteiger partial charge in [0, 0.05) is 5.39 Å². The number of rotatable bonds is 3. The third-order valence-electron chi connectivity index (χ3n) is 4.84. The predicted octanol–water partition coefficient (Wildman–Crippen LogP) is 4.54. The fourth-order valence-electron chi connectivity index (χ4n) is 3.34. The van der Waals surface area contributed by atoms with Gasteiger partial charge in [-0.25, -0.2) is 14.7 Å². The molecule has 3 heterocycles. The smallest absolute Gasteiger partial charge is 0.347 e. The molecule has 1 amide bonds. The number of oxazole rings is 1. The lowest BCUT2D eigenvalue weighted by molar-refractivity contribution is -0.116. The third-order valence-corrected chi connectivity index (χ3v) is 6.05. The first kappa shape index (κ1) is 17.8. The molecule has 4 aromatic rings. The molecule has 0 aliphatic carbocycles. The van der Waals surface area contributed by atoms with E-state index in [-0.39, 0.29) is 28.6 Å². The van der Waals surface area contributed by atoms with Gasteiger partial charge in [-0.15, -0.1) is 11.8 Å². The highest BCUT2D eigenvalue weighted by Crippen LogP contribution is 2.42. The molecule has 1 atom stereocenters. The van der Waals surface area contributed by atoms with Gasteiger partial charge in [0.2, 0.25) is 5.91 Å². The summed E-state index contributed by atoms with van der Waals surface area (Å²) in [5, 5.41) is 0.563. The molecule has 6 nitrogen and oxygen atoms in total. The van der Waals surface area contributed by atoms with Gasteiger partial charge in [0.1, 0.15) is 16.5 Å². The standard InChI is InChI=1S/C22H16N2O4S/c1-13-6-8-14(9-7-13)20-24(19(25)12-29-20)22-23-11-18(28-22)16-10-15-4-2-3-5-17(15)27-21(16)26/h2-11,20H,12H2,1H3. The first-order valence-corrected chi connectivity index (χ1v) is 10.1. The summed E-state index contributed by atoms with van der Waals surface area (Å²) in [7, 11) is 0. The van der Waals surface area contributed by atoms with Crippen molar-refractivity contribution < 1.29 is 13.6 Å². The summed E-state index contributed by atoms with van der Waals surface area (Å²) in [5.74, 6) is 0.528. The number of aryl methyl sites for hydroxylation is 1. The highest BCUT2D eigenvalue weighted by atomic mass is 32.2. The van der Waals surface area contributed by atoms with Crippen molar-refractivity contribution in [2.75, 3.05) is 10.7 Å². The Labute approximate surface area is 170 Å². The van der Waals surface area contributed by atoms with E-state index in [1.807, 2.05) is 43.3 Å². The monoisotopic (exact) mass is 404 g/mol. The molecule has 1 saturated heterocycles. The number of thioether (sulfide) groups is 1. The molecule has 144 valence electrons. The molecule has 1 fully saturated rings. The van der Waals surface area contributed by atoms with Gasteiger partial charge >= 0.3 is 11.6 Å². The summed E-state index contributed by atoms with van der Waals surface area (Å²) in [6.07, 6.45) is 1.46. The van der Waals surface area contributed by atoms with Crippen LogP contribution in [0.4, 0.5) is 6.01 Å². The van der Waals surface area contributed by atoms with Crippen LogP contribution in [0.2, 0.25) is 0 Å². The van der Waals surface area contributed by atoms with Crippen LogP contribution in [0.3, 0.4) is 0 Å². The Hall–Kier alpha value is -3.32. The fourth-order valence-corrected chi connectivity index (χ4v) is 4.49. The van der Waals surface area contributed by atoms with Crippen molar-refractivity contribution in [1.82, 2.24) is 4.98 Å². The largest absolute Gasteiger partial charge is 0.423 e. The number of anilines is 1. The van der Waals surface area contributed by atoms with Gasteiger partial charge in [0.25, 0.3) is 0 Å². The van der Waals surface area contributed by atoms with Gasteiger partial charge in [0.05, 0.1) is 11.9 Å². The first-order valence-electron chi connectivity index (χ1n) is 9.09. The van der Waals surface area contributed by atoms with Gasteiger partial charge in [-0.2, -0.15) is 0 Å². The van der Waals surface area contributed by atoms with Crippen molar-refractivity contribution in [2.24, 2.45) is 0 Å². The van der Waals surface area contributed by atoms with E-state index in [4.69, 9.17) is 8.83 Å². The van der Waals surface area contributed by atoms with Crippen molar-refractivity contribution in [3.63, 3.8) is 0 Å². The van der Waals surface area contributed by atoms with Crippen LogP contribution < -0.4 is 10.5 Å². The topological polar surface area (TPSA) is 76.6 Å². The molecule has 1 unspecified atom stereocenters. The Morgan fingerprint density at radius 3 is 2.69 bits per heavy atom. The number of nitrogens with zero attached hydrogens (tertiary/aromatic N) is 2. The molecule has 0 N–H and O–H groups in total. The molecular formula is C22H16N2O4S. The van der Waals surface area contributed by atoms with E-state index in [0.717, 1.165) is 16.5 Å². The number of carbonyl (C=O) groups is 1. The number of benzene rings is 2. The summed E-state index contributed by atoms with van der Waals surface area (Å²) in [4.78, 5) is 30.8. The van der Waals surface area contributed by atoms with Crippen molar-refractivity contribution in [1.29, 1.82) is 0 Å². The molecule has 7 heteroatoms. The van der Waals surface area contributed by atoms with E-state index < -0.39 is 5.63 Å². The Kier molecular flexibility index (Phi) is 4.24. The second-order valence-corrected chi connectivity index (χ2v) is 7.90. The first-order chi connectivity index (χ1) is 14.1. The molecule has 0 radical (unpaired) electrons. The summed E-state index contributed by atoms with van der Waals surface area (Å²) in [6.45, 7) is 2.02. The van der Waals surface area contributed by atoms with Crippen LogP contribution in [-0.2, 0) is 4.79 Å². The molecule has 29 heavy (non-hydrogen) atoms. The van der Waals surface area contributed by atoms with E-state index in [9.17, 15) is 9.59 Å². The molecule has 0 spiro atoms. The zero-order valence-electron chi connectivity index (χ0n) is 15.5. The number of aromatic nitrogens is 1. The van der Waals surface area contributed by atoms with Crippen LogP contribution >= 0.6 is 11.8 Å². The molecule has 0 saturated carbocycles. The average Bonchev–Trinajstić information content (AvgIpc) is 3.34. The second-order valence-electron chi connectivity index (χ2n) is 6.83. The second kappa shape index (κ2) is 6.93. The molecule has 1 aliphatic rings. The summed E-state index contributed by atoms with van der Waals surface area (Å²) in [6, 6.07) is 17.2.